The predicted octanol–water partition coefficient (Wildman–Crippen LogP) is 2.26. The molecule has 122 valence electrons. The monoisotopic (exact) mass is 334 g/mol. The topological polar surface area (TPSA) is 80.0 Å². The first-order valence-electron chi connectivity index (χ1n) is 7.66. The highest BCUT2D eigenvalue weighted by atomic mass is 35.5. The fraction of sp³-hybridized carbons (Fsp3) is 0.438. The van der Waals surface area contributed by atoms with Crippen LogP contribution < -0.4 is 5.32 Å². The van der Waals surface area contributed by atoms with Crippen molar-refractivity contribution >= 4 is 17.5 Å². The largest absolute Gasteiger partial charge is 0.394 e. The number of nitrogens with one attached hydrogen (secondary N) is 1. The van der Waals surface area contributed by atoms with Crippen molar-refractivity contribution < 1.29 is 9.90 Å². The summed E-state index contributed by atoms with van der Waals surface area (Å²) in [5.41, 5.74) is 0.257. The third kappa shape index (κ3) is 3.23. The van der Waals surface area contributed by atoms with Gasteiger partial charge in [0.05, 0.1) is 17.8 Å². The number of amides is 1. The Kier molecular flexibility index (Phi) is 4.37. The fourth-order valence-electron chi connectivity index (χ4n) is 2.98. The summed E-state index contributed by atoms with van der Waals surface area (Å²) in [6, 6.07) is 7.16. The van der Waals surface area contributed by atoms with Crippen LogP contribution in [-0.2, 0) is 0 Å². The van der Waals surface area contributed by atoms with Gasteiger partial charge in [0, 0.05) is 5.02 Å². The van der Waals surface area contributed by atoms with Crippen LogP contribution in [0.25, 0.3) is 5.69 Å². The zero-order valence-corrected chi connectivity index (χ0v) is 13.7. The molecule has 3 rings (SSSR count). The lowest BCUT2D eigenvalue weighted by Gasteiger charge is -2.27. The molecule has 0 atom stereocenters. The number of aromatic nitrogens is 3. The minimum Gasteiger partial charge on any atom is -0.394 e. The minimum atomic E-state index is -0.531. The maximum Gasteiger partial charge on any atom is 0.291 e. The van der Waals surface area contributed by atoms with Gasteiger partial charge in [-0.05, 0) is 44.0 Å². The van der Waals surface area contributed by atoms with Gasteiger partial charge in [-0.15, -0.1) is 5.10 Å². The maximum absolute atomic E-state index is 12.4. The number of carbonyl (C=O) groups is 1. The van der Waals surface area contributed by atoms with Crippen molar-refractivity contribution in [3.8, 4) is 5.69 Å². The van der Waals surface area contributed by atoms with Crippen molar-refractivity contribution in [1.29, 1.82) is 0 Å². The van der Waals surface area contributed by atoms with E-state index >= 15 is 0 Å². The van der Waals surface area contributed by atoms with Gasteiger partial charge in [-0.3, -0.25) is 4.79 Å². The van der Waals surface area contributed by atoms with Crippen molar-refractivity contribution in [1.82, 2.24) is 20.1 Å². The molecule has 1 aliphatic carbocycles. The second-order valence-corrected chi connectivity index (χ2v) is 6.41. The van der Waals surface area contributed by atoms with E-state index in [0.29, 0.717) is 10.8 Å². The molecule has 6 nitrogen and oxygen atoms in total. The molecule has 0 radical (unpaired) electrons. The highest BCUT2D eigenvalue weighted by molar-refractivity contribution is 6.30. The lowest BCUT2D eigenvalue weighted by Crippen LogP contribution is -2.49. The van der Waals surface area contributed by atoms with Crippen molar-refractivity contribution in [2.45, 2.75) is 38.1 Å². The smallest absolute Gasteiger partial charge is 0.291 e. The number of halogens is 1. The molecule has 0 aliphatic heterocycles. The number of aryl methyl sites for hydroxylation is 1. The van der Waals surface area contributed by atoms with Gasteiger partial charge in [-0.1, -0.05) is 24.4 Å². The van der Waals surface area contributed by atoms with Crippen LogP contribution >= 0.6 is 11.6 Å². The van der Waals surface area contributed by atoms with Crippen LogP contribution in [0.3, 0.4) is 0 Å². The summed E-state index contributed by atoms with van der Waals surface area (Å²) in [5.74, 6) is 0.371. The average molecular weight is 335 g/mol. The Morgan fingerprint density at radius 3 is 2.61 bits per heavy atom. The Bertz CT molecular complexity index is 705. The van der Waals surface area contributed by atoms with Crippen LogP contribution in [0.5, 0.6) is 0 Å². The molecule has 1 aliphatic rings. The molecule has 7 heteroatoms. The van der Waals surface area contributed by atoms with E-state index in [4.69, 9.17) is 11.6 Å². The quantitative estimate of drug-likeness (QED) is 0.898. The van der Waals surface area contributed by atoms with E-state index in [1.165, 1.54) is 0 Å². The molecule has 1 amide bonds. The second kappa shape index (κ2) is 6.29. The van der Waals surface area contributed by atoms with Gasteiger partial charge >= 0.3 is 0 Å². The molecule has 2 N–H and O–H groups in total. The molecule has 1 aromatic carbocycles. The number of hydrogen-bond donors (Lipinski definition) is 2. The number of nitrogens with zero attached hydrogens (tertiary/aromatic N) is 3. The van der Waals surface area contributed by atoms with E-state index < -0.39 is 5.54 Å². The summed E-state index contributed by atoms with van der Waals surface area (Å²) in [4.78, 5) is 16.7. The molecule has 0 unspecified atom stereocenters. The van der Waals surface area contributed by atoms with Gasteiger partial charge in [0.25, 0.3) is 5.91 Å². The third-order valence-electron chi connectivity index (χ3n) is 4.29. The Labute approximate surface area is 139 Å². The molecular formula is C16H19ClN4O2. The molecule has 0 bridgehead atoms. The van der Waals surface area contributed by atoms with Crippen LogP contribution in [0.15, 0.2) is 24.3 Å². The summed E-state index contributed by atoms with van der Waals surface area (Å²) in [5, 5.41) is 17.4. The molecule has 0 spiro atoms. The third-order valence-corrected chi connectivity index (χ3v) is 4.54. The highest BCUT2D eigenvalue weighted by Gasteiger charge is 2.35. The van der Waals surface area contributed by atoms with Crippen molar-refractivity contribution in [2.24, 2.45) is 0 Å². The Morgan fingerprint density at radius 1 is 1.35 bits per heavy atom. The van der Waals surface area contributed by atoms with Crippen LogP contribution in [-0.4, -0.2) is 37.9 Å². The second-order valence-electron chi connectivity index (χ2n) is 5.97. The molecule has 0 saturated heterocycles. The van der Waals surface area contributed by atoms with Crippen molar-refractivity contribution in [3.63, 3.8) is 0 Å². The summed E-state index contributed by atoms with van der Waals surface area (Å²) in [6.07, 6.45) is 3.58. The van der Waals surface area contributed by atoms with E-state index in [9.17, 15) is 9.90 Å². The molecule has 1 fully saturated rings. The Morgan fingerprint density at radius 2 is 2.00 bits per heavy atom. The van der Waals surface area contributed by atoms with Crippen LogP contribution in [0.1, 0.15) is 42.1 Å². The zero-order valence-electron chi connectivity index (χ0n) is 12.9. The first-order valence-corrected chi connectivity index (χ1v) is 8.04. The van der Waals surface area contributed by atoms with E-state index in [1.54, 1.807) is 23.7 Å². The van der Waals surface area contributed by atoms with Gasteiger partial charge in [0.15, 0.2) is 0 Å². The van der Waals surface area contributed by atoms with Crippen LogP contribution in [0, 0.1) is 6.92 Å². The van der Waals surface area contributed by atoms with E-state index in [-0.39, 0.29) is 18.3 Å². The van der Waals surface area contributed by atoms with Gasteiger partial charge in [0.1, 0.15) is 5.82 Å². The number of rotatable bonds is 4. The fourth-order valence-corrected chi connectivity index (χ4v) is 3.11. The first-order chi connectivity index (χ1) is 11.0. The maximum atomic E-state index is 12.4. The Hall–Kier alpha value is -1.92. The van der Waals surface area contributed by atoms with Crippen molar-refractivity contribution in [2.75, 3.05) is 6.61 Å². The number of carbonyl (C=O) groups excluding carboxylic acids is 1. The predicted molar refractivity (Wildman–Crippen MR) is 86.9 cm³/mol. The number of benzene rings is 1. The van der Waals surface area contributed by atoms with Crippen molar-refractivity contribution in [3.05, 3.63) is 40.9 Å². The summed E-state index contributed by atoms with van der Waals surface area (Å²) >= 11 is 5.89. The molecule has 1 saturated carbocycles. The molecule has 23 heavy (non-hydrogen) atoms. The van der Waals surface area contributed by atoms with Gasteiger partial charge in [-0.25, -0.2) is 9.67 Å². The summed E-state index contributed by atoms with van der Waals surface area (Å²) < 4.78 is 1.60. The van der Waals surface area contributed by atoms with Crippen LogP contribution in [0.4, 0.5) is 0 Å². The van der Waals surface area contributed by atoms with Gasteiger partial charge in [0.2, 0.25) is 5.82 Å². The summed E-state index contributed by atoms with van der Waals surface area (Å²) in [6.45, 7) is 1.73. The first kappa shape index (κ1) is 16.0. The molecule has 1 heterocycles. The standard InChI is InChI=1S/C16H19ClN4O2/c1-11-18-14(15(23)19-16(10-22)8-2-3-9-16)20-21(11)13-6-4-12(17)5-7-13/h4-7,22H,2-3,8-10H2,1H3,(H,19,23). The van der Waals surface area contributed by atoms with E-state index in [2.05, 4.69) is 15.4 Å². The molecule has 1 aromatic heterocycles. The molecular weight excluding hydrogens is 316 g/mol. The van der Waals surface area contributed by atoms with E-state index in [1.807, 2.05) is 12.1 Å². The average Bonchev–Trinajstić information content (AvgIpc) is 3.16. The number of aliphatic hydroxyl groups excluding tert-OH is 1. The van der Waals surface area contributed by atoms with E-state index in [0.717, 1.165) is 31.4 Å². The SMILES string of the molecule is Cc1nc(C(=O)NC2(CO)CCCC2)nn1-c1ccc(Cl)cc1. The zero-order chi connectivity index (χ0) is 16.4. The summed E-state index contributed by atoms with van der Waals surface area (Å²) in [7, 11) is 0. The van der Waals surface area contributed by atoms with Gasteiger partial charge in [-0.2, -0.15) is 0 Å². The lowest BCUT2D eigenvalue weighted by molar-refractivity contribution is 0.0828. The normalized spacial score (nSPS) is 16.5. The number of aliphatic hydroxyl groups is 1. The molecule has 2 aromatic rings. The highest BCUT2D eigenvalue weighted by Crippen LogP contribution is 2.29. The number of hydrogen-bond acceptors (Lipinski definition) is 4. The Balaban J connectivity index is 1.82. The van der Waals surface area contributed by atoms with Gasteiger partial charge < -0.3 is 10.4 Å². The minimum absolute atomic E-state index is 0.0599. The van der Waals surface area contributed by atoms with Crippen LogP contribution in [0.2, 0.25) is 5.02 Å². The lowest BCUT2D eigenvalue weighted by atomic mass is 9.99.